The number of piperazine rings is 1. The number of rotatable bonds is 13. The largest absolute Gasteiger partial charge is 0.466 e. The van der Waals surface area contributed by atoms with Gasteiger partial charge in [0.25, 0.3) is 5.91 Å². The van der Waals surface area contributed by atoms with Crippen LogP contribution in [-0.4, -0.2) is 114 Å². The summed E-state index contributed by atoms with van der Waals surface area (Å²) in [7, 11) is 0. The van der Waals surface area contributed by atoms with Gasteiger partial charge in [0.2, 0.25) is 5.91 Å². The Morgan fingerprint density at radius 1 is 0.922 bits per heavy atom. The molecular formula is C37H50N6O8. The fraction of sp³-hybridized carbons (Fsp3) is 0.595. The number of benzene rings is 1. The number of esters is 2. The van der Waals surface area contributed by atoms with Crippen molar-refractivity contribution in [2.45, 2.75) is 71.9 Å². The molecule has 0 radical (unpaired) electrons. The fourth-order valence-corrected chi connectivity index (χ4v) is 6.60. The molecule has 1 aromatic heterocycles. The molecule has 1 N–H and O–H groups in total. The van der Waals surface area contributed by atoms with E-state index < -0.39 is 29.6 Å². The van der Waals surface area contributed by atoms with Crippen LogP contribution in [0.5, 0.6) is 0 Å². The molecule has 0 bridgehead atoms. The van der Waals surface area contributed by atoms with Crippen LogP contribution in [0.25, 0.3) is 11.4 Å². The minimum absolute atomic E-state index is 0.00692. The molecule has 2 aromatic rings. The number of nitrogens with zero attached hydrogens (tertiary/aromatic N) is 5. The average Bonchev–Trinajstić information content (AvgIpc) is 3.62. The molecule has 3 fully saturated rings. The molecule has 51 heavy (non-hydrogen) atoms. The maximum absolute atomic E-state index is 14.0. The number of ether oxygens (including phenoxy) is 3. The van der Waals surface area contributed by atoms with Gasteiger partial charge in [-0.2, -0.15) is 0 Å². The fourth-order valence-electron chi connectivity index (χ4n) is 6.60. The first-order chi connectivity index (χ1) is 24.4. The standard InChI is InChI=1S/C37H50N6O8/c1-6-8-20-50-36(48)42-18-16-41(17-19-42)34(46)27(14-15-30(44)51-37(3,4)5)39-33(45)28-21-29(40-32(38-28)24-12-10-9-11-13-24)43-22-25-26(23-43)31(25)35(47)49-7-2/h9-13,21,25-27,31H,6-8,14-20,22-23H2,1-5H3,(H,39,45)/t25-,26+,27-,31?/m0/s1. The second kappa shape index (κ2) is 16.5. The molecule has 276 valence electrons. The van der Waals surface area contributed by atoms with Gasteiger partial charge in [0.1, 0.15) is 23.2 Å². The van der Waals surface area contributed by atoms with Crippen molar-refractivity contribution in [1.82, 2.24) is 25.1 Å². The summed E-state index contributed by atoms with van der Waals surface area (Å²) in [6.45, 7) is 12.0. The lowest BCUT2D eigenvalue weighted by atomic mass is 10.1. The Kier molecular flexibility index (Phi) is 12.1. The second-order valence-electron chi connectivity index (χ2n) is 14.2. The van der Waals surface area contributed by atoms with Crippen molar-refractivity contribution >= 4 is 35.7 Å². The summed E-state index contributed by atoms with van der Waals surface area (Å²) in [4.78, 5) is 80.1. The number of hydrogen-bond acceptors (Lipinski definition) is 11. The van der Waals surface area contributed by atoms with E-state index in [1.54, 1.807) is 43.6 Å². The van der Waals surface area contributed by atoms with E-state index in [9.17, 15) is 24.0 Å². The summed E-state index contributed by atoms with van der Waals surface area (Å²) < 4.78 is 16.1. The molecular weight excluding hydrogens is 656 g/mol. The first kappa shape index (κ1) is 37.5. The molecule has 14 heteroatoms. The number of carbonyl (C=O) groups is 5. The van der Waals surface area contributed by atoms with Crippen LogP contribution >= 0.6 is 0 Å². The Hall–Kier alpha value is -4.75. The molecule has 2 saturated heterocycles. The third kappa shape index (κ3) is 9.73. The quantitative estimate of drug-likeness (QED) is 0.184. The molecule has 1 aromatic carbocycles. The first-order valence-corrected chi connectivity index (χ1v) is 18.0. The molecule has 3 aliphatic rings. The number of carbonyl (C=O) groups excluding carboxylic acids is 5. The molecule has 5 rings (SSSR count). The average molecular weight is 707 g/mol. The van der Waals surface area contributed by atoms with Crippen molar-refractivity contribution in [3.63, 3.8) is 0 Å². The number of fused-ring (bicyclic) bond motifs is 1. The van der Waals surface area contributed by atoms with Crippen LogP contribution in [-0.2, 0) is 28.6 Å². The summed E-state index contributed by atoms with van der Waals surface area (Å²) >= 11 is 0. The molecule has 1 unspecified atom stereocenters. The lowest BCUT2D eigenvalue weighted by Crippen LogP contribution is -2.56. The maximum atomic E-state index is 14.0. The summed E-state index contributed by atoms with van der Waals surface area (Å²) in [6, 6.07) is 9.84. The van der Waals surface area contributed by atoms with Crippen molar-refractivity contribution in [2.75, 3.05) is 57.4 Å². The van der Waals surface area contributed by atoms with Crippen LogP contribution in [0.3, 0.4) is 0 Å². The predicted octanol–water partition coefficient (Wildman–Crippen LogP) is 3.69. The highest BCUT2D eigenvalue weighted by atomic mass is 16.6. The van der Waals surface area contributed by atoms with Crippen molar-refractivity contribution in [2.24, 2.45) is 17.8 Å². The van der Waals surface area contributed by atoms with Gasteiger partial charge < -0.3 is 34.2 Å². The van der Waals surface area contributed by atoms with Gasteiger partial charge in [-0.15, -0.1) is 0 Å². The summed E-state index contributed by atoms with van der Waals surface area (Å²) in [5.41, 5.74) is 0.0708. The van der Waals surface area contributed by atoms with E-state index in [-0.39, 0.29) is 74.3 Å². The highest BCUT2D eigenvalue weighted by Crippen LogP contribution is 2.53. The monoisotopic (exact) mass is 706 g/mol. The normalized spacial score (nSPS) is 20.3. The molecule has 4 atom stereocenters. The SMILES string of the molecule is CCCCOC(=O)N1CCN(C(=O)[C@H](CCC(=O)OC(C)(C)C)NC(=O)c2cc(N3C[C@@H]4C(C(=O)OCC)[C@@H]4C3)nc(-c3ccccc3)n2)CC1. The van der Waals surface area contributed by atoms with Crippen LogP contribution in [0.2, 0.25) is 0 Å². The highest BCUT2D eigenvalue weighted by molar-refractivity contribution is 5.97. The van der Waals surface area contributed by atoms with Crippen molar-refractivity contribution in [3.8, 4) is 11.4 Å². The van der Waals surface area contributed by atoms with E-state index >= 15 is 0 Å². The van der Waals surface area contributed by atoms with Crippen LogP contribution in [0, 0.1) is 17.8 Å². The number of hydrogen-bond donors (Lipinski definition) is 1. The van der Waals surface area contributed by atoms with Gasteiger partial charge in [-0.1, -0.05) is 43.7 Å². The zero-order valence-corrected chi connectivity index (χ0v) is 30.3. The Bertz CT molecular complexity index is 1560. The van der Waals surface area contributed by atoms with Crippen LogP contribution < -0.4 is 10.2 Å². The smallest absolute Gasteiger partial charge is 0.409 e. The summed E-state index contributed by atoms with van der Waals surface area (Å²) in [6.07, 6.45) is 1.18. The highest BCUT2D eigenvalue weighted by Gasteiger charge is 2.60. The van der Waals surface area contributed by atoms with Crippen LogP contribution in [0.15, 0.2) is 36.4 Å². The number of unbranched alkanes of at least 4 members (excludes halogenated alkanes) is 1. The minimum Gasteiger partial charge on any atom is -0.466 e. The van der Waals surface area contributed by atoms with Gasteiger partial charge in [0.05, 0.1) is 19.1 Å². The van der Waals surface area contributed by atoms with Gasteiger partial charge in [0.15, 0.2) is 5.82 Å². The molecule has 3 heterocycles. The van der Waals surface area contributed by atoms with E-state index in [0.717, 1.165) is 12.8 Å². The molecule has 3 amide bonds. The molecule has 0 spiro atoms. The van der Waals surface area contributed by atoms with Gasteiger partial charge in [0, 0.05) is 57.3 Å². The van der Waals surface area contributed by atoms with Gasteiger partial charge in [-0.3, -0.25) is 19.2 Å². The molecule has 1 aliphatic carbocycles. The Balaban J connectivity index is 1.33. The van der Waals surface area contributed by atoms with Crippen molar-refractivity contribution in [1.29, 1.82) is 0 Å². The Morgan fingerprint density at radius 2 is 1.59 bits per heavy atom. The van der Waals surface area contributed by atoms with Crippen molar-refractivity contribution in [3.05, 3.63) is 42.1 Å². The lowest BCUT2D eigenvalue weighted by Gasteiger charge is -2.36. The van der Waals surface area contributed by atoms with E-state index in [1.807, 2.05) is 42.2 Å². The Morgan fingerprint density at radius 3 is 2.22 bits per heavy atom. The number of aromatic nitrogens is 2. The third-order valence-corrected chi connectivity index (χ3v) is 9.29. The Labute approximate surface area is 299 Å². The third-order valence-electron chi connectivity index (χ3n) is 9.29. The van der Waals surface area contributed by atoms with Gasteiger partial charge in [-0.25, -0.2) is 14.8 Å². The molecule has 14 nitrogen and oxygen atoms in total. The number of amides is 3. The lowest BCUT2D eigenvalue weighted by molar-refractivity contribution is -0.155. The van der Waals surface area contributed by atoms with E-state index in [2.05, 4.69) is 10.3 Å². The predicted molar refractivity (Wildman–Crippen MR) is 188 cm³/mol. The van der Waals surface area contributed by atoms with Crippen molar-refractivity contribution < 1.29 is 38.2 Å². The number of anilines is 1. The summed E-state index contributed by atoms with van der Waals surface area (Å²) in [5.74, 6) is -0.534. The minimum atomic E-state index is -1.06. The summed E-state index contributed by atoms with van der Waals surface area (Å²) in [5, 5.41) is 2.85. The zero-order chi connectivity index (χ0) is 36.7. The van der Waals surface area contributed by atoms with E-state index in [4.69, 9.17) is 19.2 Å². The zero-order valence-electron chi connectivity index (χ0n) is 30.3. The maximum Gasteiger partial charge on any atom is 0.409 e. The van der Waals surface area contributed by atoms with Gasteiger partial charge >= 0.3 is 18.0 Å². The van der Waals surface area contributed by atoms with Crippen LogP contribution in [0.1, 0.15) is 70.8 Å². The first-order valence-electron chi connectivity index (χ1n) is 18.0. The van der Waals surface area contributed by atoms with E-state index in [0.29, 0.717) is 43.5 Å². The van der Waals surface area contributed by atoms with Crippen LogP contribution in [0.4, 0.5) is 10.6 Å². The molecule has 1 saturated carbocycles. The molecule has 2 aliphatic heterocycles. The van der Waals surface area contributed by atoms with Gasteiger partial charge in [-0.05, 0) is 52.4 Å². The second-order valence-corrected chi connectivity index (χ2v) is 14.2. The number of piperidine rings is 1. The topological polar surface area (TPSA) is 161 Å². The number of nitrogens with one attached hydrogen (secondary N) is 1. The van der Waals surface area contributed by atoms with E-state index in [1.165, 1.54) is 0 Å².